The molecule has 1 atom stereocenters. The lowest BCUT2D eigenvalue weighted by Crippen LogP contribution is -2.40. The van der Waals surface area contributed by atoms with Crippen LogP contribution in [0.25, 0.3) is 10.9 Å². The molecule has 4 aromatic rings. The number of piperidine rings is 1. The lowest BCUT2D eigenvalue weighted by molar-refractivity contribution is 0.307. The molecule has 0 bridgehead atoms. The van der Waals surface area contributed by atoms with E-state index < -0.39 is 0 Å². The van der Waals surface area contributed by atoms with Crippen LogP contribution >= 0.6 is 10.7 Å². The third-order valence-corrected chi connectivity index (χ3v) is 9.04. The fourth-order valence-electron chi connectivity index (χ4n) is 4.94. The molecule has 3 aromatic carbocycles. The molecule has 5 rings (SSSR count). The van der Waals surface area contributed by atoms with Crippen molar-refractivity contribution in [3.05, 3.63) is 121 Å². The minimum absolute atomic E-state index is 0.211. The number of fused-ring (bicyclic) bond motifs is 1. The van der Waals surface area contributed by atoms with Crippen molar-refractivity contribution in [2.75, 3.05) is 23.7 Å². The molecule has 3 N–H and O–H groups in total. The zero-order chi connectivity index (χ0) is 29.3. The fourth-order valence-corrected chi connectivity index (χ4v) is 6.34. The van der Waals surface area contributed by atoms with Crippen molar-refractivity contribution in [3.8, 4) is 0 Å². The second kappa shape index (κ2) is 14.2. The van der Waals surface area contributed by atoms with Crippen LogP contribution in [0.5, 0.6) is 0 Å². The van der Waals surface area contributed by atoms with Crippen molar-refractivity contribution in [2.45, 2.75) is 37.2 Å². The highest BCUT2D eigenvalue weighted by Crippen LogP contribution is 2.32. The van der Waals surface area contributed by atoms with Crippen molar-refractivity contribution in [3.63, 3.8) is 0 Å². The molecule has 42 heavy (non-hydrogen) atoms. The lowest BCUT2D eigenvalue weighted by atomic mass is 10.0. The molecule has 1 saturated heterocycles. The topological polar surface area (TPSA) is 64.6 Å². The van der Waals surface area contributed by atoms with Crippen LogP contribution in [0.15, 0.2) is 119 Å². The van der Waals surface area contributed by atoms with Gasteiger partial charge in [0.05, 0.1) is 5.52 Å². The summed E-state index contributed by atoms with van der Waals surface area (Å²) in [4.78, 5) is 10.1. The number of pyridine rings is 1. The van der Waals surface area contributed by atoms with Gasteiger partial charge in [-0.3, -0.25) is 9.29 Å². The molecular weight excluding hydrogens is 543 g/mol. The summed E-state index contributed by atoms with van der Waals surface area (Å²) in [6.07, 6.45) is 7.58. The van der Waals surface area contributed by atoms with Crippen molar-refractivity contribution < 1.29 is 4.39 Å². The zero-order valence-corrected chi connectivity index (χ0v) is 24.7. The molecule has 6 nitrogen and oxygen atoms in total. The number of aromatic nitrogens is 1. The zero-order valence-electron chi connectivity index (χ0n) is 23.9. The van der Waals surface area contributed by atoms with Crippen LogP contribution in [0.3, 0.4) is 0 Å². The van der Waals surface area contributed by atoms with E-state index in [0.29, 0.717) is 11.9 Å². The molecule has 2 heterocycles. The minimum Gasteiger partial charge on any atom is -0.359 e. The van der Waals surface area contributed by atoms with E-state index in [1.54, 1.807) is 18.3 Å². The predicted octanol–water partition coefficient (Wildman–Crippen LogP) is 7.57. The molecule has 1 aromatic heterocycles. The van der Waals surface area contributed by atoms with Crippen LogP contribution in [-0.4, -0.2) is 40.5 Å². The Hall–Kier alpha value is -4.11. The maximum absolute atomic E-state index is 13.1. The van der Waals surface area contributed by atoms with Crippen LogP contribution in [0.4, 0.5) is 15.8 Å². The third-order valence-electron chi connectivity index (χ3n) is 7.24. The largest absolute Gasteiger partial charge is 0.359 e. The molecule has 0 amide bonds. The Kier molecular flexibility index (Phi) is 9.92. The van der Waals surface area contributed by atoms with Crippen molar-refractivity contribution in [2.24, 2.45) is 4.99 Å². The lowest BCUT2D eigenvalue weighted by Gasteiger charge is -2.34. The summed E-state index contributed by atoms with van der Waals surface area (Å²) >= 11 is 0. The van der Waals surface area contributed by atoms with Gasteiger partial charge in [-0.05, 0) is 92.1 Å². The van der Waals surface area contributed by atoms with Gasteiger partial charge in [-0.1, -0.05) is 41.3 Å². The number of hydrogen-bond donors (Lipinski definition) is 3. The SMILES string of the molecule is C=C(/N=C\C=C(/C)Nc1ccc(F)cc1)Nc1ccc(S(=C)N2CCC(NCc3cccc4ncccc34)CC2)cc1. The maximum atomic E-state index is 13.1. The summed E-state index contributed by atoms with van der Waals surface area (Å²) < 4.78 is 15.6. The number of hydrogen-bond acceptors (Lipinski definition) is 6. The first kappa shape index (κ1) is 29.4. The molecule has 216 valence electrons. The van der Waals surface area contributed by atoms with Gasteiger partial charge in [0.1, 0.15) is 11.6 Å². The van der Waals surface area contributed by atoms with Gasteiger partial charge in [0.25, 0.3) is 0 Å². The fraction of sp³-hybridized carbons (Fsp3) is 0.206. The second-order valence-corrected chi connectivity index (χ2v) is 12.0. The highest BCUT2D eigenvalue weighted by molar-refractivity contribution is 8.12. The van der Waals surface area contributed by atoms with Crippen molar-refractivity contribution >= 4 is 45.0 Å². The van der Waals surface area contributed by atoms with E-state index in [-0.39, 0.29) is 16.5 Å². The molecular formula is C34H37FN6S. The van der Waals surface area contributed by atoms with E-state index in [4.69, 9.17) is 0 Å². The number of anilines is 2. The van der Waals surface area contributed by atoms with Gasteiger partial charge in [0.2, 0.25) is 0 Å². The van der Waals surface area contributed by atoms with E-state index in [2.05, 4.69) is 79.1 Å². The molecule has 0 radical (unpaired) electrons. The molecule has 1 fully saturated rings. The Morgan fingerprint density at radius 3 is 2.48 bits per heavy atom. The Morgan fingerprint density at radius 1 is 1.00 bits per heavy atom. The van der Waals surface area contributed by atoms with Crippen LogP contribution < -0.4 is 16.0 Å². The molecule has 0 aliphatic carbocycles. The monoisotopic (exact) mass is 580 g/mol. The number of benzene rings is 3. The highest BCUT2D eigenvalue weighted by atomic mass is 32.2. The maximum Gasteiger partial charge on any atom is 0.123 e. The summed E-state index contributed by atoms with van der Waals surface area (Å²) in [5.74, 6) is 4.78. The molecule has 1 aliphatic rings. The molecule has 8 heteroatoms. The van der Waals surface area contributed by atoms with Gasteiger partial charge in [0, 0.05) is 65.4 Å². The van der Waals surface area contributed by atoms with Crippen molar-refractivity contribution in [1.82, 2.24) is 14.6 Å². The van der Waals surface area contributed by atoms with Gasteiger partial charge in [-0.15, -0.1) is 0 Å². The summed E-state index contributed by atoms with van der Waals surface area (Å²) in [7, 11) is -0.211. The van der Waals surface area contributed by atoms with Gasteiger partial charge in [-0.25, -0.2) is 9.38 Å². The van der Waals surface area contributed by atoms with Gasteiger partial charge < -0.3 is 16.0 Å². The van der Waals surface area contributed by atoms with Gasteiger partial charge >= 0.3 is 0 Å². The number of allylic oxidation sites excluding steroid dienone is 2. The van der Waals surface area contributed by atoms with Crippen LogP contribution in [0.2, 0.25) is 0 Å². The summed E-state index contributed by atoms with van der Waals surface area (Å²) in [5.41, 5.74) is 4.97. The first-order chi connectivity index (χ1) is 20.4. The Labute approximate surface area is 250 Å². The quantitative estimate of drug-likeness (QED) is 0.126. The third kappa shape index (κ3) is 8.00. The first-order valence-electron chi connectivity index (χ1n) is 14.1. The van der Waals surface area contributed by atoms with E-state index in [1.165, 1.54) is 28.0 Å². The Bertz CT molecular complexity index is 1580. The molecule has 0 spiro atoms. The Morgan fingerprint density at radius 2 is 1.71 bits per heavy atom. The summed E-state index contributed by atoms with van der Waals surface area (Å²) in [6, 6.07) is 25.6. The van der Waals surface area contributed by atoms with E-state index >= 15 is 0 Å². The predicted molar refractivity (Wildman–Crippen MR) is 178 cm³/mol. The molecule has 0 saturated carbocycles. The average molecular weight is 581 g/mol. The van der Waals surface area contributed by atoms with E-state index in [0.717, 1.165) is 55.1 Å². The number of rotatable bonds is 11. The highest BCUT2D eigenvalue weighted by Gasteiger charge is 2.21. The molecule has 1 aliphatic heterocycles. The van der Waals surface area contributed by atoms with Crippen molar-refractivity contribution in [1.29, 1.82) is 0 Å². The molecule has 1 unspecified atom stereocenters. The van der Waals surface area contributed by atoms with E-state index in [9.17, 15) is 4.39 Å². The van der Waals surface area contributed by atoms with Gasteiger partial charge in [-0.2, -0.15) is 0 Å². The normalized spacial score (nSPS) is 15.6. The Balaban J connectivity index is 1.06. The summed E-state index contributed by atoms with van der Waals surface area (Å²) in [5, 5.41) is 11.4. The first-order valence-corrected chi connectivity index (χ1v) is 15.4. The second-order valence-electron chi connectivity index (χ2n) is 10.3. The average Bonchev–Trinajstić information content (AvgIpc) is 3.01. The number of nitrogens with one attached hydrogen (secondary N) is 3. The van der Waals surface area contributed by atoms with Gasteiger partial charge in [0.15, 0.2) is 0 Å². The standard InChI is InChI=1S/C34H37FN6S/c1-25(39-30-11-9-28(35)10-12-30)17-21-36-26(2)40-31-13-15-32(16-14-31)42(3)41-22-18-29(19-23-41)38-24-27-6-4-8-34-33(27)7-5-20-37-34/h4-17,20-21,29,38-40H,2-3,18-19,22-24H2,1H3/b25-17+,36-21-. The van der Waals surface area contributed by atoms with Crippen LogP contribution in [0, 0.1) is 5.82 Å². The minimum atomic E-state index is -0.259. The van der Waals surface area contributed by atoms with Crippen LogP contribution in [0.1, 0.15) is 25.3 Å². The number of aliphatic imine (C=N–C) groups is 1. The van der Waals surface area contributed by atoms with Crippen LogP contribution in [-0.2, 0) is 6.54 Å². The van der Waals surface area contributed by atoms with E-state index in [1.807, 2.05) is 37.4 Å². The smallest absolute Gasteiger partial charge is 0.123 e. The number of halogens is 1. The number of nitrogens with zero attached hydrogens (tertiary/aromatic N) is 3. The summed E-state index contributed by atoms with van der Waals surface area (Å²) in [6.45, 7) is 8.82.